The van der Waals surface area contributed by atoms with Gasteiger partial charge in [-0.3, -0.25) is 4.79 Å². The standard InChI is InChI=1S/C14H18FNO2/c1-10-7-11(3-4-12(10)15)8-16(2)13(18)14(9-17)5-6-14/h3-4,7,17H,5-6,8-9H2,1-2H3. The third-order valence-electron chi connectivity index (χ3n) is 3.60. The molecule has 0 atom stereocenters. The molecule has 0 aromatic heterocycles. The van der Waals surface area contributed by atoms with Gasteiger partial charge >= 0.3 is 0 Å². The maximum atomic E-state index is 13.1. The number of halogens is 1. The summed E-state index contributed by atoms with van der Waals surface area (Å²) in [6, 6.07) is 4.85. The van der Waals surface area contributed by atoms with Crippen LogP contribution in [0.3, 0.4) is 0 Å². The van der Waals surface area contributed by atoms with Crippen LogP contribution < -0.4 is 0 Å². The molecule has 3 nitrogen and oxygen atoms in total. The summed E-state index contributed by atoms with van der Waals surface area (Å²) in [5, 5.41) is 9.23. The smallest absolute Gasteiger partial charge is 0.231 e. The molecule has 18 heavy (non-hydrogen) atoms. The van der Waals surface area contributed by atoms with Crippen LogP contribution >= 0.6 is 0 Å². The van der Waals surface area contributed by atoms with Crippen molar-refractivity contribution in [2.45, 2.75) is 26.3 Å². The maximum absolute atomic E-state index is 13.1. The van der Waals surface area contributed by atoms with Crippen LogP contribution in [0.15, 0.2) is 18.2 Å². The van der Waals surface area contributed by atoms with Crippen molar-refractivity contribution in [1.82, 2.24) is 4.90 Å². The first-order valence-corrected chi connectivity index (χ1v) is 6.10. The van der Waals surface area contributed by atoms with Gasteiger partial charge in [-0.1, -0.05) is 12.1 Å². The van der Waals surface area contributed by atoms with Gasteiger partial charge in [-0.15, -0.1) is 0 Å². The Morgan fingerprint density at radius 3 is 2.67 bits per heavy atom. The van der Waals surface area contributed by atoms with Gasteiger partial charge in [-0.25, -0.2) is 4.39 Å². The molecule has 1 aliphatic carbocycles. The number of hydrogen-bond donors (Lipinski definition) is 1. The average Bonchev–Trinajstić information content (AvgIpc) is 3.14. The molecule has 1 aromatic rings. The topological polar surface area (TPSA) is 40.5 Å². The number of aliphatic hydroxyl groups is 1. The zero-order valence-corrected chi connectivity index (χ0v) is 10.7. The van der Waals surface area contributed by atoms with Crippen LogP contribution in [0.5, 0.6) is 0 Å². The summed E-state index contributed by atoms with van der Waals surface area (Å²) in [5.41, 5.74) is 0.944. The van der Waals surface area contributed by atoms with E-state index >= 15 is 0 Å². The Kier molecular flexibility index (Phi) is 3.39. The highest BCUT2D eigenvalue weighted by molar-refractivity contribution is 5.85. The first-order valence-electron chi connectivity index (χ1n) is 6.10. The minimum Gasteiger partial charge on any atom is -0.395 e. The zero-order chi connectivity index (χ0) is 13.3. The molecule has 0 aliphatic heterocycles. The number of aliphatic hydroxyl groups excluding tert-OH is 1. The monoisotopic (exact) mass is 251 g/mol. The van der Waals surface area contributed by atoms with Crippen LogP contribution in [0.2, 0.25) is 0 Å². The lowest BCUT2D eigenvalue weighted by atomic mass is 10.1. The van der Waals surface area contributed by atoms with Crippen LogP contribution in [0, 0.1) is 18.2 Å². The Balaban J connectivity index is 2.05. The van der Waals surface area contributed by atoms with Gasteiger partial charge in [0.05, 0.1) is 12.0 Å². The Morgan fingerprint density at radius 1 is 1.50 bits per heavy atom. The number of carbonyl (C=O) groups is 1. The molecule has 1 N–H and O–H groups in total. The lowest BCUT2D eigenvalue weighted by Crippen LogP contribution is -2.35. The summed E-state index contributed by atoms with van der Waals surface area (Å²) in [4.78, 5) is 13.7. The van der Waals surface area contributed by atoms with Gasteiger partial charge in [0.15, 0.2) is 0 Å². The number of rotatable bonds is 4. The molecular weight excluding hydrogens is 233 g/mol. The first-order chi connectivity index (χ1) is 8.48. The van der Waals surface area contributed by atoms with Crippen molar-refractivity contribution in [3.63, 3.8) is 0 Å². The quantitative estimate of drug-likeness (QED) is 0.887. The van der Waals surface area contributed by atoms with Crippen LogP contribution in [0.1, 0.15) is 24.0 Å². The molecule has 1 saturated carbocycles. The lowest BCUT2D eigenvalue weighted by Gasteiger charge is -2.22. The van der Waals surface area contributed by atoms with Gasteiger partial charge in [-0.05, 0) is 37.0 Å². The van der Waals surface area contributed by atoms with Gasteiger partial charge in [0.25, 0.3) is 0 Å². The highest BCUT2D eigenvalue weighted by Gasteiger charge is 2.50. The molecule has 4 heteroatoms. The maximum Gasteiger partial charge on any atom is 0.231 e. The van der Waals surface area contributed by atoms with Gasteiger partial charge in [0.2, 0.25) is 5.91 Å². The molecule has 1 aromatic carbocycles. The normalized spacial score (nSPS) is 16.4. The molecule has 98 valence electrons. The first kappa shape index (κ1) is 13.0. The molecule has 0 heterocycles. The van der Waals surface area contributed by atoms with Crippen molar-refractivity contribution < 1.29 is 14.3 Å². The highest BCUT2D eigenvalue weighted by Crippen LogP contribution is 2.46. The molecule has 0 bridgehead atoms. The van der Waals surface area contributed by atoms with E-state index in [4.69, 9.17) is 0 Å². The molecule has 1 fully saturated rings. The fourth-order valence-corrected chi connectivity index (χ4v) is 2.15. The molecule has 1 amide bonds. The summed E-state index contributed by atoms with van der Waals surface area (Å²) in [5.74, 6) is -0.256. The fourth-order valence-electron chi connectivity index (χ4n) is 2.15. The number of aryl methyl sites for hydroxylation is 1. The van der Waals surface area contributed by atoms with Crippen molar-refractivity contribution in [2.75, 3.05) is 13.7 Å². The summed E-state index contributed by atoms with van der Waals surface area (Å²) >= 11 is 0. The van der Waals surface area contributed by atoms with Crippen molar-refractivity contribution in [3.05, 3.63) is 35.1 Å². The number of nitrogens with zero attached hydrogens (tertiary/aromatic N) is 1. The van der Waals surface area contributed by atoms with E-state index in [1.165, 1.54) is 6.07 Å². The predicted octanol–water partition coefficient (Wildman–Crippen LogP) is 1.87. The Morgan fingerprint density at radius 2 is 2.17 bits per heavy atom. The molecule has 0 saturated heterocycles. The van der Waals surface area contributed by atoms with Crippen molar-refractivity contribution >= 4 is 5.91 Å². The Labute approximate surface area is 106 Å². The van der Waals surface area contributed by atoms with Crippen molar-refractivity contribution in [3.8, 4) is 0 Å². The Bertz CT molecular complexity index is 469. The molecule has 1 aliphatic rings. The third-order valence-corrected chi connectivity index (χ3v) is 3.60. The zero-order valence-electron chi connectivity index (χ0n) is 10.7. The molecular formula is C14H18FNO2. The second-order valence-corrected chi connectivity index (χ2v) is 5.18. The Hall–Kier alpha value is -1.42. The van der Waals surface area contributed by atoms with Gasteiger partial charge in [0, 0.05) is 13.6 Å². The lowest BCUT2D eigenvalue weighted by molar-refractivity contribution is -0.137. The largest absolute Gasteiger partial charge is 0.395 e. The van der Waals surface area contributed by atoms with E-state index in [1.54, 1.807) is 31.0 Å². The van der Waals surface area contributed by atoms with Crippen molar-refractivity contribution in [2.24, 2.45) is 5.41 Å². The number of carbonyl (C=O) groups excluding carboxylic acids is 1. The van der Waals surface area contributed by atoms with Crippen LogP contribution in [-0.2, 0) is 11.3 Å². The van der Waals surface area contributed by atoms with E-state index in [-0.39, 0.29) is 18.3 Å². The second-order valence-electron chi connectivity index (χ2n) is 5.18. The molecule has 0 spiro atoms. The van der Waals surface area contributed by atoms with Gasteiger partial charge in [-0.2, -0.15) is 0 Å². The van der Waals surface area contributed by atoms with E-state index in [1.807, 2.05) is 0 Å². The van der Waals surface area contributed by atoms with Crippen LogP contribution in [-0.4, -0.2) is 29.6 Å². The second kappa shape index (κ2) is 4.69. The highest BCUT2D eigenvalue weighted by atomic mass is 19.1. The number of hydrogen-bond acceptors (Lipinski definition) is 2. The van der Waals surface area contributed by atoms with E-state index in [2.05, 4.69) is 0 Å². The van der Waals surface area contributed by atoms with Crippen LogP contribution in [0.25, 0.3) is 0 Å². The molecule has 0 radical (unpaired) electrons. The summed E-state index contributed by atoms with van der Waals surface area (Å²) in [6.45, 7) is 2.07. The minimum absolute atomic E-state index is 0.0213. The molecule has 0 unspecified atom stereocenters. The van der Waals surface area contributed by atoms with Gasteiger partial charge < -0.3 is 10.0 Å². The summed E-state index contributed by atoms with van der Waals surface area (Å²) < 4.78 is 13.1. The molecule has 2 rings (SSSR count). The van der Waals surface area contributed by atoms with Crippen molar-refractivity contribution in [1.29, 1.82) is 0 Å². The van der Waals surface area contributed by atoms with E-state index in [0.29, 0.717) is 12.1 Å². The predicted molar refractivity (Wildman–Crippen MR) is 66.4 cm³/mol. The fraction of sp³-hybridized carbons (Fsp3) is 0.500. The van der Waals surface area contributed by atoms with E-state index in [0.717, 1.165) is 18.4 Å². The van der Waals surface area contributed by atoms with E-state index < -0.39 is 5.41 Å². The third kappa shape index (κ3) is 2.38. The van der Waals surface area contributed by atoms with Crippen LogP contribution in [0.4, 0.5) is 4.39 Å². The van der Waals surface area contributed by atoms with E-state index in [9.17, 15) is 14.3 Å². The SMILES string of the molecule is Cc1cc(CN(C)C(=O)C2(CO)CC2)ccc1F. The number of benzene rings is 1. The summed E-state index contributed by atoms with van der Waals surface area (Å²) in [6.07, 6.45) is 1.52. The average molecular weight is 251 g/mol. The van der Waals surface area contributed by atoms with Gasteiger partial charge in [0.1, 0.15) is 5.82 Å². The summed E-state index contributed by atoms with van der Waals surface area (Å²) in [7, 11) is 1.72. The minimum atomic E-state index is -0.538. The number of amides is 1.